The van der Waals surface area contributed by atoms with E-state index in [1.54, 1.807) is 0 Å². The van der Waals surface area contributed by atoms with E-state index in [9.17, 15) is 0 Å². The molecule has 2 unspecified atom stereocenters. The van der Waals surface area contributed by atoms with Gasteiger partial charge in [0, 0.05) is 12.3 Å². The zero-order chi connectivity index (χ0) is 8.47. The highest BCUT2D eigenvalue weighted by Gasteiger charge is 2.60. The van der Waals surface area contributed by atoms with Crippen LogP contribution in [0.2, 0.25) is 0 Å². The van der Waals surface area contributed by atoms with Crippen LogP contribution in [0.3, 0.4) is 0 Å². The van der Waals surface area contributed by atoms with Crippen LogP contribution in [0.1, 0.15) is 19.3 Å². The lowest BCUT2D eigenvalue weighted by atomic mass is 10.1. The Labute approximate surface area is 89.7 Å². The molecular weight excluding hydrogens is 200 g/mol. The summed E-state index contributed by atoms with van der Waals surface area (Å²) in [4.78, 5) is 5.50. The van der Waals surface area contributed by atoms with Gasteiger partial charge in [-0.05, 0) is 37.8 Å². The molecule has 4 heteroatoms. The summed E-state index contributed by atoms with van der Waals surface area (Å²) in [5, 5.41) is 7.70. The van der Waals surface area contributed by atoms with Crippen molar-refractivity contribution in [1.82, 2.24) is 5.32 Å². The third-order valence-corrected chi connectivity index (χ3v) is 4.14. The van der Waals surface area contributed by atoms with Crippen LogP contribution in [-0.2, 0) is 4.84 Å². The van der Waals surface area contributed by atoms with Gasteiger partial charge in [-0.25, -0.2) is 0 Å². The predicted molar refractivity (Wildman–Crippen MR) is 55.7 cm³/mol. The molecule has 4 rings (SSSR count). The molecule has 1 N–H and O–H groups in total. The van der Waals surface area contributed by atoms with Crippen molar-refractivity contribution in [3.63, 3.8) is 0 Å². The third-order valence-electron chi connectivity index (χ3n) is 4.14. The van der Waals surface area contributed by atoms with Crippen molar-refractivity contribution < 1.29 is 4.84 Å². The highest BCUT2D eigenvalue weighted by atomic mass is 35.5. The van der Waals surface area contributed by atoms with Crippen LogP contribution in [0.4, 0.5) is 0 Å². The second-order valence-corrected chi connectivity index (χ2v) is 5.05. The highest BCUT2D eigenvalue weighted by molar-refractivity contribution is 5.91. The standard InChI is InChI=1S/C10H14N2O.ClH/c1-2-10(1)3-8(12-13-10)9-6-4-11-5-7(6)9;/h6-7,9,11H,1-5H2;1H. The number of fused-ring (bicyclic) bond motifs is 1. The molecule has 1 spiro atoms. The summed E-state index contributed by atoms with van der Waals surface area (Å²) in [5.41, 5.74) is 1.59. The van der Waals surface area contributed by atoms with Gasteiger partial charge in [-0.3, -0.25) is 0 Å². The molecule has 2 heterocycles. The van der Waals surface area contributed by atoms with Crippen LogP contribution in [0, 0.1) is 17.8 Å². The Balaban J connectivity index is 0.000000640. The fraction of sp³-hybridized carbons (Fsp3) is 0.900. The molecule has 4 aliphatic rings. The molecule has 0 amide bonds. The van der Waals surface area contributed by atoms with Crippen LogP contribution < -0.4 is 5.32 Å². The van der Waals surface area contributed by atoms with Crippen molar-refractivity contribution in [1.29, 1.82) is 0 Å². The molecule has 3 nitrogen and oxygen atoms in total. The van der Waals surface area contributed by atoms with Crippen LogP contribution >= 0.6 is 12.4 Å². The van der Waals surface area contributed by atoms with E-state index in [2.05, 4.69) is 10.5 Å². The molecule has 1 saturated heterocycles. The number of nitrogens with zero attached hydrogens (tertiary/aromatic N) is 1. The average molecular weight is 215 g/mol. The van der Waals surface area contributed by atoms with Gasteiger partial charge in [0.2, 0.25) is 0 Å². The second-order valence-electron chi connectivity index (χ2n) is 5.05. The fourth-order valence-electron chi connectivity index (χ4n) is 3.05. The molecule has 3 fully saturated rings. The van der Waals surface area contributed by atoms with Gasteiger partial charge in [0.25, 0.3) is 0 Å². The maximum absolute atomic E-state index is 5.50. The first-order chi connectivity index (χ1) is 6.38. The quantitative estimate of drug-likeness (QED) is 0.712. The molecule has 0 bridgehead atoms. The lowest BCUT2D eigenvalue weighted by molar-refractivity contribution is 0.0650. The minimum Gasteiger partial charge on any atom is -0.389 e. The van der Waals surface area contributed by atoms with Crippen LogP contribution in [0.15, 0.2) is 5.16 Å². The molecule has 2 aliphatic carbocycles. The van der Waals surface area contributed by atoms with Crippen molar-refractivity contribution >= 4 is 18.1 Å². The summed E-state index contributed by atoms with van der Waals surface area (Å²) in [7, 11) is 0. The van der Waals surface area contributed by atoms with E-state index in [-0.39, 0.29) is 18.0 Å². The number of rotatable bonds is 1. The molecule has 78 valence electrons. The summed E-state index contributed by atoms with van der Waals surface area (Å²) < 4.78 is 0. The van der Waals surface area contributed by atoms with Crippen molar-refractivity contribution in [2.24, 2.45) is 22.9 Å². The lowest BCUT2D eigenvalue weighted by Gasteiger charge is -2.03. The van der Waals surface area contributed by atoms with Gasteiger partial charge in [0.05, 0.1) is 5.71 Å². The number of piperidine rings is 1. The van der Waals surface area contributed by atoms with Crippen LogP contribution in [0.5, 0.6) is 0 Å². The average Bonchev–Trinajstić information content (AvgIpc) is 2.91. The van der Waals surface area contributed by atoms with Gasteiger partial charge in [-0.1, -0.05) is 5.16 Å². The van der Waals surface area contributed by atoms with Crippen molar-refractivity contribution in [2.45, 2.75) is 24.9 Å². The summed E-state index contributed by atoms with van der Waals surface area (Å²) in [6, 6.07) is 0. The molecule has 0 radical (unpaired) electrons. The largest absolute Gasteiger partial charge is 0.389 e. The van der Waals surface area contributed by atoms with E-state index in [0.29, 0.717) is 0 Å². The second kappa shape index (κ2) is 2.64. The Kier molecular flexibility index (Phi) is 1.69. The fourth-order valence-corrected chi connectivity index (χ4v) is 3.05. The maximum Gasteiger partial charge on any atom is 0.143 e. The summed E-state index contributed by atoms with van der Waals surface area (Å²) in [6.45, 7) is 2.42. The summed E-state index contributed by atoms with van der Waals surface area (Å²) in [6.07, 6.45) is 3.62. The van der Waals surface area contributed by atoms with Gasteiger partial charge in [-0.2, -0.15) is 0 Å². The summed E-state index contributed by atoms with van der Waals surface area (Å²) in [5.74, 6) is 2.59. The Hall–Kier alpha value is -0.280. The Morgan fingerprint density at radius 1 is 1.29 bits per heavy atom. The van der Waals surface area contributed by atoms with Crippen LogP contribution in [0.25, 0.3) is 0 Å². The molecule has 0 aromatic carbocycles. The monoisotopic (exact) mass is 214 g/mol. The van der Waals surface area contributed by atoms with E-state index in [0.717, 1.165) is 24.2 Å². The molecular formula is C10H15ClN2O. The van der Waals surface area contributed by atoms with E-state index in [1.165, 1.54) is 31.6 Å². The molecule has 2 saturated carbocycles. The van der Waals surface area contributed by atoms with Gasteiger partial charge in [0.15, 0.2) is 0 Å². The third kappa shape index (κ3) is 1.06. The Bertz CT molecular complexity index is 290. The molecule has 2 aliphatic heterocycles. The first-order valence-corrected chi connectivity index (χ1v) is 5.34. The molecule has 0 aromatic rings. The minimum atomic E-state index is 0. The van der Waals surface area contributed by atoms with E-state index >= 15 is 0 Å². The van der Waals surface area contributed by atoms with Gasteiger partial charge in [-0.15, -0.1) is 12.4 Å². The topological polar surface area (TPSA) is 33.6 Å². The molecule has 0 aromatic heterocycles. The SMILES string of the molecule is C1NCC2C1C2C1=NOC2(CC2)C1.Cl. The van der Waals surface area contributed by atoms with E-state index in [1.807, 2.05) is 0 Å². The molecule has 2 atom stereocenters. The minimum absolute atomic E-state index is 0. The summed E-state index contributed by atoms with van der Waals surface area (Å²) >= 11 is 0. The van der Waals surface area contributed by atoms with E-state index in [4.69, 9.17) is 4.84 Å². The number of hydrogen-bond donors (Lipinski definition) is 1. The number of nitrogens with one attached hydrogen (secondary N) is 1. The Morgan fingerprint density at radius 2 is 2.00 bits per heavy atom. The van der Waals surface area contributed by atoms with Gasteiger partial charge < -0.3 is 10.2 Å². The first-order valence-electron chi connectivity index (χ1n) is 5.34. The van der Waals surface area contributed by atoms with Crippen molar-refractivity contribution in [3.8, 4) is 0 Å². The smallest absolute Gasteiger partial charge is 0.143 e. The van der Waals surface area contributed by atoms with Crippen molar-refractivity contribution in [3.05, 3.63) is 0 Å². The maximum atomic E-state index is 5.50. The Morgan fingerprint density at radius 3 is 2.57 bits per heavy atom. The van der Waals surface area contributed by atoms with Crippen LogP contribution in [-0.4, -0.2) is 24.4 Å². The predicted octanol–water partition coefficient (Wildman–Crippen LogP) is 1.18. The van der Waals surface area contributed by atoms with Crippen molar-refractivity contribution in [2.75, 3.05) is 13.1 Å². The number of hydrogen-bond acceptors (Lipinski definition) is 3. The zero-order valence-corrected chi connectivity index (χ0v) is 8.85. The highest BCUT2D eigenvalue weighted by Crippen LogP contribution is 2.55. The molecule has 14 heavy (non-hydrogen) atoms. The van der Waals surface area contributed by atoms with E-state index < -0.39 is 0 Å². The van der Waals surface area contributed by atoms with Gasteiger partial charge in [0.1, 0.15) is 5.60 Å². The normalized spacial score (nSPS) is 45.1. The number of halogens is 1. The lowest BCUT2D eigenvalue weighted by Crippen LogP contribution is -2.19. The van der Waals surface area contributed by atoms with Gasteiger partial charge >= 0.3 is 0 Å². The number of oxime groups is 1. The zero-order valence-electron chi connectivity index (χ0n) is 8.03. The first kappa shape index (κ1) is 8.98.